The highest BCUT2D eigenvalue weighted by molar-refractivity contribution is 7.92. The number of nitrogens with one attached hydrogen (secondary N) is 1. The van der Waals surface area contributed by atoms with Gasteiger partial charge in [-0.25, -0.2) is 8.42 Å². The molecular formula is C26H37N3O3S. The van der Waals surface area contributed by atoms with Crippen LogP contribution in [0, 0.1) is 0 Å². The maximum atomic E-state index is 12.6. The lowest BCUT2D eigenvalue weighted by Crippen LogP contribution is -2.40. The normalized spacial score (nSPS) is 15.3. The number of sulfonamides is 1. The fourth-order valence-electron chi connectivity index (χ4n) is 4.13. The van der Waals surface area contributed by atoms with Gasteiger partial charge >= 0.3 is 0 Å². The molecule has 7 heteroatoms. The lowest BCUT2D eigenvalue weighted by Gasteiger charge is -2.26. The molecule has 0 unspecified atom stereocenters. The molecule has 2 aromatic carbocycles. The Balaban J connectivity index is 1.61. The number of hydrogen-bond acceptors (Lipinski definition) is 4. The number of carbonyl (C=O) groups excluding carboxylic acids is 1. The van der Waals surface area contributed by atoms with Crippen molar-refractivity contribution in [2.24, 2.45) is 0 Å². The van der Waals surface area contributed by atoms with Crippen molar-refractivity contribution in [3.63, 3.8) is 0 Å². The number of piperidine rings is 1. The van der Waals surface area contributed by atoms with Gasteiger partial charge in [-0.15, -0.1) is 0 Å². The van der Waals surface area contributed by atoms with E-state index < -0.39 is 10.0 Å². The number of hydrogen-bond donors (Lipinski definition) is 1. The van der Waals surface area contributed by atoms with Gasteiger partial charge in [0.1, 0.15) is 6.54 Å². The zero-order chi connectivity index (χ0) is 24.1. The molecule has 180 valence electrons. The lowest BCUT2D eigenvalue weighted by atomic mass is 9.87. The Morgan fingerprint density at radius 3 is 2.24 bits per heavy atom. The molecule has 0 saturated carbocycles. The van der Waals surface area contributed by atoms with Gasteiger partial charge in [0, 0.05) is 13.1 Å². The Morgan fingerprint density at radius 2 is 1.64 bits per heavy atom. The number of likely N-dealkylation sites (tertiary alicyclic amines) is 1. The summed E-state index contributed by atoms with van der Waals surface area (Å²) in [5.74, 6) is -0.332. The fourth-order valence-corrected chi connectivity index (χ4v) is 4.98. The number of anilines is 1. The van der Waals surface area contributed by atoms with Crippen LogP contribution in [0.3, 0.4) is 0 Å². The lowest BCUT2D eigenvalue weighted by molar-refractivity contribution is -0.119. The van der Waals surface area contributed by atoms with Gasteiger partial charge in [0.05, 0.1) is 11.9 Å². The van der Waals surface area contributed by atoms with E-state index in [4.69, 9.17) is 0 Å². The largest absolute Gasteiger partial charge is 0.350 e. The van der Waals surface area contributed by atoms with Crippen LogP contribution in [-0.2, 0) is 33.3 Å². The molecule has 0 atom stereocenters. The van der Waals surface area contributed by atoms with Crippen molar-refractivity contribution in [2.75, 3.05) is 30.2 Å². The maximum absolute atomic E-state index is 12.6. The van der Waals surface area contributed by atoms with Crippen LogP contribution in [0.25, 0.3) is 0 Å². The minimum Gasteiger partial charge on any atom is -0.350 e. The molecule has 1 aliphatic rings. The first-order valence-corrected chi connectivity index (χ1v) is 13.5. The minimum atomic E-state index is -3.60. The molecule has 1 amide bonds. The number of benzene rings is 2. The van der Waals surface area contributed by atoms with E-state index in [1.807, 2.05) is 24.3 Å². The molecule has 1 saturated heterocycles. The Bertz CT molecular complexity index is 1040. The topological polar surface area (TPSA) is 69.7 Å². The number of carbonyl (C=O) groups is 1. The van der Waals surface area contributed by atoms with Gasteiger partial charge in [-0.1, -0.05) is 63.6 Å². The van der Waals surface area contributed by atoms with E-state index in [2.05, 4.69) is 43.1 Å². The zero-order valence-electron chi connectivity index (χ0n) is 20.3. The molecule has 1 heterocycles. The summed E-state index contributed by atoms with van der Waals surface area (Å²) in [5.41, 5.74) is 3.81. The van der Waals surface area contributed by atoms with E-state index in [1.165, 1.54) is 24.8 Å². The van der Waals surface area contributed by atoms with Gasteiger partial charge < -0.3 is 5.32 Å². The highest BCUT2D eigenvalue weighted by Gasteiger charge is 2.22. The van der Waals surface area contributed by atoms with Gasteiger partial charge in [0.15, 0.2) is 0 Å². The predicted molar refractivity (Wildman–Crippen MR) is 135 cm³/mol. The molecule has 2 aromatic rings. The number of amides is 1. The Morgan fingerprint density at radius 1 is 1.00 bits per heavy atom. The zero-order valence-corrected chi connectivity index (χ0v) is 21.1. The summed E-state index contributed by atoms with van der Waals surface area (Å²) in [6.45, 7) is 9.63. The van der Waals surface area contributed by atoms with Crippen LogP contribution >= 0.6 is 0 Å². The van der Waals surface area contributed by atoms with Crippen molar-refractivity contribution >= 4 is 21.6 Å². The highest BCUT2D eigenvalue weighted by atomic mass is 32.2. The van der Waals surface area contributed by atoms with Gasteiger partial charge in [0.25, 0.3) is 0 Å². The molecule has 0 radical (unpaired) electrons. The summed E-state index contributed by atoms with van der Waals surface area (Å²) in [4.78, 5) is 15.1. The first-order chi connectivity index (χ1) is 15.5. The van der Waals surface area contributed by atoms with Crippen LogP contribution < -0.4 is 9.62 Å². The summed E-state index contributed by atoms with van der Waals surface area (Å²) in [5, 5.41) is 2.88. The van der Waals surface area contributed by atoms with Crippen LogP contribution in [0.15, 0.2) is 48.5 Å². The van der Waals surface area contributed by atoms with Gasteiger partial charge in [-0.2, -0.15) is 0 Å². The predicted octanol–water partition coefficient (Wildman–Crippen LogP) is 4.05. The Hall–Kier alpha value is -2.38. The summed E-state index contributed by atoms with van der Waals surface area (Å²) >= 11 is 0. The van der Waals surface area contributed by atoms with E-state index in [0.717, 1.165) is 41.3 Å². The van der Waals surface area contributed by atoms with Gasteiger partial charge in [-0.05, 0) is 60.2 Å². The third kappa shape index (κ3) is 7.57. The third-order valence-corrected chi connectivity index (χ3v) is 7.19. The number of nitrogens with zero attached hydrogens (tertiary/aromatic N) is 2. The summed E-state index contributed by atoms with van der Waals surface area (Å²) in [7, 11) is -3.60. The Kier molecular flexibility index (Phi) is 8.19. The van der Waals surface area contributed by atoms with E-state index in [1.54, 1.807) is 12.1 Å². The third-order valence-electron chi connectivity index (χ3n) is 6.04. The van der Waals surface area contributed by atoms with Crippen molar-refractivity contribution in [1.29, 1.82) is 0 Å². The van der Waals surface area contributed by atoms with Crippen molar-refractivity contribution in [3.8, 4) is 0 Å². The average molecular weight is 472 g/mol. The highest BCUT2D eigenvalue weighted by Crippen LogP contribution is 2.26. The van der Waals surface area contributed by atoms with E-state index in [0.29, 0.717) is 12.2 Å². The smallest absolute Gasteiger partial charge is 0.241 e. The molecule has 0 aromatic heterocycles. The van der Waals surface area contributed by atoms with Crippen LogP contribution in [0.2, 0.25) is 0 Å². The van der Waals surface area contributed by atoms with Crippen molar-refractivity contribution in [3.05, 3.63) is 65.2 Å². The van der Waals surface area contributed by atoms with Gasteiger partial charge in [0.2, 0.25) is 15.9 Å². The molecule has 1 fully saturated rings. The standard InChI is InChI=1S/C26H37N3O3S/c1-26(2,3)23-11-13-24(14-12-23)29(33(4,31)32)20-25(30)27-18-21-9-8-10-22(17-21)19-28-15-6-5-7-16-28/h8-14,17H,5-7,15-16,18-20H2,1-4H3,(H,27,30). The minimum absolute atomic E-state index is 0.0334. The van der Waals surface area contributed by atoms with E-state index in [-0.39, 0.29) is 17.9 Å². The number of rotatable bonds is 8. The molecule has 0 spiro atoms. The Labute approximate surface area is 199 Å². The second kappa shape index (κ2) is 10.7. The van der Waals surface area contributed by atoms with E-state index >= 15 is 0 Å². The summed E-state index contributed by atoms with van der Waals surface area (Å²) in [6, 6.07) is 15.6. The second-order valence-corrected chi connectivity index (χ2v) is 11.9. The molecule has 33 heavy (non-hydrogen) atoms. The maximum Gasteiger partial charge on any atom is 0.241 e. The van der Waals surface area contributed by atoms with Crippen LogP contribution in [0.4, 0.5) is 5.69 Å². The molecule has 1 aliphatic heterocycles. The van der Waals surface area contributed by atoms with Crippen LogP contribution in [0.1, 0.15) is 56.7 Å². The molecular weight excluding hydrogens is 434 g/mol. The molecule has 3 rings (SSSR count). The van der Waals surface area contributed by atoms with Crippen LogP contribution in [0.5, 0.6) is 0 Å². The summed E-state index contributed by atoms with van der Waals surface area (Å²) < 4.78 is 26.0. The van der Waals surface area contributed by atoms with E-state index in [9.17, 15) is 13.2 Å². The van der Waals surface area contributed by atoms with Crippen molar-refractivity contribution < 1.29 is 13.2 Å². The second-order valence-electron chi connectivity index (χ2n) is 10.00. The first kappa shape index (κ1) is 25.2. The van der Waals surface area contributed by atoms with Crippen LogP contribution in [-0.4, -0.2) is 45.1 Å². The SMILES string of the molecule is CC(C)(C)c1ccc(N(CC(=O)NCc2cccc(CN3CCCCC3)c2)S(C)(=O)=O)cc1. The molecule has 1 N–H and O–H groups in total. The van der Waals surface area contributed by atoms with Crippen molar-refractivity contribution in [1.82, 2.24) is 10.2 Å². The molecule has 0 bridgehead atoms. The fraction of sp³-hybridized carbons (Fsp3) is 0.500. The molecule has 0 aliphatic carbocycles. The van der Waals surface area contributed by atoms with Crippen molar-refractivity contribution in [2.45, 2.75) is 58.5 Å². The van der Waals surface area contributed by atoms with Gasteiger partial charge in [-0.3, -0.25) is 14.0 Å². The quantitative estimate of drug-likeness (QED) is 0.631. The monoisotopic (exact) mass is 471 g/mol. The first-order valence-electron chi connectivity index (χ1n) is 11.7. The molecule has 6 nitrogen and oxygen atoms in total. The average Bonchev–Trinajstić information content (AvgIpc) is 2.76. The summed E-state index contributed by atoms with van der Waals surface area (Å²) in [6.07, 6.45) is 4.95.